The van der Waals surface area contributed by atoms with Crippen molar-refractivity contribution in [1.29, 1.82) is 0 Å². The first kappa shape index (κ1) is 25.6. The summed E-state index contributed by atoms with van der Waals surface area (Å²) < 4.78 is 61.9. The van der Waals surface area contributed by atoms with Gasteiger partial charge in [-0.25, -0.2) is 12.8 Å². The fourth-order valence-corrected chi connectivity index (χ4v) is 4.26. The lowest BCUT2D eigenvalue weighted by molar-refractivity contribution is 0.104. The summed E-state index contributed by atoms with van der Waals surface area (Å²) in [7, 11) is 1.75. The van der Waals surface area contributed by atoms with Gasteiger partial charge >= 0.3 is 0 Å². The lowest BCUT2D eigenvalue weighted by Gasteiger charge is -2.12. The fourth-order valence-electron chi connectivity index (χ4n) is 3.19. The molecule has 0 fully saturated rings. The van der Waals surface area contributed by atoms with Gasteiger partial charge in [0.1, 0.15) is 0 Å². The van der Waals surface area contributed by atoms with Crippen LogP contribution in [0.1, 0.15) is 15.9 Å². The van der Waals surface area contributed by atoms with Crippen LogP contribution < -0.4 is 23.7 Å². The van der Waals surface area contributed by atoms with Crippen LogP contribution in [0, 0.1) is 5.82 Å². The number of halogens is 1. The molecule has 3 rings (SSSR count). The van der Waals surface area contributed by atoms with E-state index >= 15 is 0 Å². The Kier molecular flexibility index (Phi) is 7.98. The molecule has 0 atom stereocenters. The Labute approximate surface area is 203 Å². The van der Waals surface area contributed by atoms with Crippen molar-refractivity contribution in [1.82, 2.24) is 0 Å². The Morgan fingerprint density at radius 1 is 0.829 bits per heavy atom. The number of ether oxygens (including phenoxy) is 4. The van der Waals surface area contributed by atoms with Crippen LogP contribution in [0.25, 0.3) is 6.08 Å². The van der Waals surface area contributed by atoms with E-state index in [0.29, 0.717) is 28.4 Å². The molecule has 3 aromatic rings. The standard InChI is InChI=1S/C25H24FNO7S/c1-31-22-15-19(10-11-20(22)26)35(29,30)27-18-8-6-17(7-9-18)21(28)12-5-16-13-23(32-2)25(34-4)24(14-16)33-3/h5-15,27H,1-4H3/b12-5+. The van der Waals surface area contributed by atoms with Gasteiger partial charge in [-0.2, -0.15) is 0 Å². The molecule has 0 bridgehead atoms. The first-order valence-electron chi connectivity index (χ1n) is 10.2. The minimum absolute atomic E-state index is 0.163. The van der Waals surface area contributed by atoms with Crippen LogP contribution in [0.4, 0.5) is 10.1 Å². The van der Waals surface area contributed by atoms with E-state index in [4.69, 9.17) is 18.9 Å². The molecular formula is C25H24FNO7S. The zero-order valence-corrected chi connectivity index (χ0v) is 20.3. The minimum atomic E-state index is -3.99. The molecule has 8 nitrogen and oxygen atoms in total. The van der Waals surface area contributed by atoms with Crippen LogP contribution in [-0.4, -0.2) is 42.6 Å². The molecule has 0 aliphatic heterocycles. The second-order valence-electron chi connectivity index (χ2n) is 7.14. The van der Waals surface area contributed by atoms with E-state index in [2.05, 4.69) is 4.72 Å². The predicted octanol–water partition coefficient (Wildman–Crippen LogP) is 4.56. The number of carbonyl (C=O) groups is 1. The van der Waals surface area contributed by atoms with Crippen molar-refractivity contribution in [2.45, 2.75) is 4.90 Å². The summed E-state index contributed by atoms with van der Waals surface area (Å²) in [5.41, 5.74) is 1.24. The van der Waals surface area contributed by atoms with Gasteiger partial charge in [0, 0.05) is 17.3 Å². The number of nitrogens with one attached hydrogen (secondary N) is 1. The first-order valence-corrected chi connectivity index (χ1v) is 11.7. The third kappa shape index (κ3) is 5.90. The zero-order valence-electron chi connectivity index (χ0n) is 19.5. The molecule has 0 amide bonds. The van der Waals surface area contributed by atoms with E-state index in [9.17, 15) is 17.6 Å². The highest BCUT2D eigenvalue weighted by atomic mass is 32.2. The lowest BCUT2D eigenvalue weighted by atomic mass is 10.1. The summed E-state index contributed by atoms with van der Waals surface area (Å²) in [6.07, 6.45) is 2.98. The average Bonchev–Trinajstić information content (AvgIpc) is 2.86. The lowest BCUT2D eigenvalue weighted by Crippen LogP contribution is -2.13. The molecule has 0 radical (unpaired) electrons. The molecule has 35 heavy (non-hydrogen) atoms. The molecule has 0 saturated heterocycles. The number of anilines is 1. The number of hydrogen-bond acceptors (Lipinski definition) is 7. The molecule has 10 heteroatoms. The number of carbonyl (C=O) groups excluding carboxylic acids is 1. The molecule has 0 unspecified atom stereocenters. The number of methoxy groups -OCH3 is 4. The number of rotatable bonds is 10. The summed E-state index contributed by atoms with van der Waals surface area (Å²) in [6, 6.07) is 12.5. The van der Waals surface area contributed by atoms with Gasteiger partial charge in [-0.1, -0.05) is 6.08 Å². The number of hydrogen-bond donors (Lipinski definition) is 1. The van der Waals surface area contributed by atoms with Crippen molar-refractivity contribution >= 4 is 27.6 Å². The molecule has 184 valence electrons. The Bertz CT molecular complexity index is 1330. The Morgan fingerprint density at radius 2 is 1.43 bits per heavy atom. The molecule has 0 aliphatic rings. The van der Waals surface area contributed by atoms with E-state index in [1.54, 1.807) is 18.2 Å². The molecule has 0 aliphatic carbocycles. The smallest absolute Gasteiger partial charge is 0.262 e. The highest BCUT2D eigenvalue weighted by Gasteiger charge is 2.17. The SMILES string of the molecule is COc1cc(S(=O)(=O)Nc2ccc(C(=O)/C=C/c3cc(OC)c(OC)c(OC)c3)cc2)ccc1F. The van der Waals surface area contributed by atoms with Crippen molar-refractivity contribution in [2.24, 2.45) is 0 Å². The summed E-state index contributed by atoms with van der Waals surface area (Å²) in [5, 5.41) is 0. The third-order valence-electron chi connectivity index (χ3n) is 4.97. The molecule has 3 aromatic carbocycles. The van der Waals surface area contributed by atoms with Gasteiger partial charge in [0.25, 0.3) is 10.0 Å². The van der Waals surface area contributed by atoms with E-state index in [1.165, 1.54) is 58.8 Å². The summed E-state index contributed by atoms with van der Waals surface area (Å²) in [4.78, 5) is 12.4. The molecule has 0 heterocycles. The highest BCUT2D eigenvalue weighted by molar-refractivity contribution is 7.92. The normalized spacial score (nSPS) is 11.2. The molecule has 0 aromatic heterocycles. The second-order valence-corrected chi connectivity index (χ2v) is 8.82. The minimum Gasteiger partial charge on any atom is -0.494 e. The van der Waals surface area contributed by atoms with E-state index in [1.807, 2.05) is 0 Å². The maximum Gasteiger partial charge on any atom is 0.262 e. The van der Waals surface area contributed by atoms with Crippen LogP contribution in [-0.2, 0) is 10.0 Å². The second kappa shape index (κ2) is 10.9. The summed E-state index contributed by atoms with van der Waals surface area (Å²) in [5.74, 6) is 0.192. The topological polar surface area (TPSA) is 100 Å². The van der Waals surface area contributed by atoms with Crippen LogP contribution >= 0.6 is 0 Å². The first-order chi connectivity index (χ1) is 16.7. The summed E-state index contributed by atoms with van der Waals surface area (Å²) in [6.45, 7) is 0. The number of allylic oxidation sites excluding steroid dienone is 1. The number of ketones is 1. The van der Waals surface area contributed by atoms with Gasteiger partial charge < -0.3 is 18.9 Å². The van der Waals surface area contributed by atoms with Crippen molar-refractivity contribution in [3.63, 3.8) is 0 Å². The third-order valence-corrected chi connectivity index (χ3v) is 6.35. The van der Waals surface area contributed by atoms with Crippen molar-refractivity contribution < 1.29 is 36.6 Å². The van der Waals surface area contributed by atoms with Crippen molar-refractivity contribution in [2.75, 3.05) is 33.2 Å². The zero-order chi connectivity index (χ0) is 25.6. The molecule has 0 saturated carbocycles. The van der Waals surface area contributed by atoms with Gasteiger partial charge in [-0.05, 0) is 60.2 Å². The van der Waals surface area contributed by atoms with Crippen LogP contribution in [0.2, 0.25) is 0 Å². The Hall–Kier alpha value is -4.05. The maximum absolute atomic E-state index is 13.6. The quantitative estimate of drug-likeness (QED) is 0.321. The molecule has 0 spiro atoms. The van der Waals surface area contributed by atoms with Crippen molar-refractivity contribution in [3.05, 3.63) is 77.6 Å². The highest BCUT2D eigenvalue weighted by Crippen LogP contribution is 2.38. The van der Waals surface area contributed by atoms with Gasteiger partial charge in [0.05, 0.1) is 33.3 Å². The maximum atomic E-state index is 13.6. The van der Waals surface area contributed by atoms with Gasteiger partial charge in [0.15, 0.2) is 28.8 Å². The van der Waals surface area contributed by atoms with Gasteiger partial charge in [-0.3, -0.25) is 9.52 Å². The molecular weight excluding hydrogens is 477 g/mol. The Balaban J connectivity index is 1.75. The molecule has 1 N–H and O–H groups in total. The van der Waals surface area contributed by atoms with Crippen LogP contribution in [0.15, 0.2) is 65.6 Å². The van der Waals surface area contributed by atoms with E-state index in [-0.39, 0.29) is 22.1 Å². The van der Waals surface area contributed by atoms with Crippen LogP contribution in [0.5, 0.6) is 23.0 Å². The largest absolute Gasteiger partial charge is 0.494 e. The van der Waals surface area contributed by atoms with Crippen molar-refractivity contribution in [3.8, 4) is 23.0 Å². The van der Waals surface area contributed by atoms with Crippen LogP contribution in [0.3, 0.4) is 0 Å². The monoisotopic (exact) mass is 501 g/mol. The van der Waals surface area contributed by atoms with Gasteiger partial charge in [0.2, 0.25) is 5.75 Å². The summed E-state index contributed by atoms with van der Waals surface area (Å²) >= 11 is 0. The van der Waals surface area contributed by atoms with E-state index in [0.717, 1.165) is 18.2 Å². The van der Waals surface area contributed by atoms with E-state index < -0.39 is 15.8 Å². The average molecular weight is 502 g/mol. The Morgan fingerprint density at radius 3 is 1.97 bits per heavy atom. The predicted molar refractivity (Wildman–Crippen MR) is 130 cm³/mol. The number of sulfonamides is 1. The fraction of sp³-hybridized carbons (Fsp3) is 0.160. The number of benzene rings is 3. The van der Waals surface area contributed by atoms with Gasteiger partial charge in [-0.15, -0.1) is 0 Å².